The minimum absolute atomic E-state index is 0.120. The number of nitrogen functional groups attached to an aromatic ring is 3. The lowest BCUT2D eigenvalue weighted by Gasteiger charge is -2.35. The number of para-hydroxylation sites is 1. The topological polar surface area (TPSA) is 142 Å². The molecule has 1 atom stereocenters. The fraction of sp³-hybridized carbons (Fsp3) is 0.407. The fourth-order valence-electron chi connectivity index (χ4n) is 4.26. The van der Waals surface area contributed by atoms with Crippen molar-refractivity contribution in [3.8, 4) is 5.75 Å². The number of carbonyl (C=O) groups excluding carboxylic acids is 1. The lowest BCUT2D eigenvalue weighted by atomic mass is 10.1. The Balaban J connectivity index is 1.72. The number of ether oxygens (including phenoxy) is 2. The van der Waals surface area contributed by atoms with Crippen molar-refractivity contribution >= 4 is 39.7 Å². The van der Waals surface area contributed by atoms with Gasteiger partial charge in [-0.2, -0.15) is 0 Å². The standard InChI is InChI=1S/C27H38N6O3/c1-4-19(17-36-5-2)33(25-20-10-6-7-11-22(20)32-26(30)24(25)29)15-9-8-14-31-27(34)18-12-13-21(28)23(16-18)35-3/h6-7,10-13,16,19H,4-5,8-9,14-15,17,28-29H2,1-3H3,(H2,30,32)(H,31,34). The van der Waals surface area contributed by atoms with E-state index in [1.807, 2.05) is 31.2 Å². The third-order valence-electron chi connectivity index (χ3n) is 6.25. The van der Waals surface area contributed by atoms with Crippen LogP contribution in [0.3, 0.4) is 0 Å². The first kappa shape index (κ1) is 26.9. The number of nitrogens with zero attached hydrogens (tertiary/aromatic N) is 2. The molecule has 0 spiro atoms. The summed E-state index contributed by atoms with van der Waals surface area (Å²) in [7, 11) is 1.53. The van der Waals surface area contributed by atoms with Crippen molar-refractivity contribution < 1.29 is 14.3 Å². The van der Waals surface area contributed by atoms with E-state index < -0.39 is 0 Å². The smallest absolute Gasteiger partial charge is 0.251 e. The molecule has 9 nitrogen and oxygen atoms in total. The summed E-state index contributed by atoms with van der Waals surface area (Å²) in [6, 6.07) is 13.0. The van der Waals surface area contributed by atoms with Crippen LogP contribution < -0.4 is 32.2 Å². The van der Waals surface area contributed by atoms with Crippen molar-refractivity contribution in [3.05, 3.63) is 48.0 Å². The molecular weight excluding hydrogens is 456 g/mol. The average molecular weight is 495 g/mol. The largest absolute Gasteiger partial charge is 0.495 e. The van der Waals surface area contributed by atoms with Crippen LogP contribution in [0.5, 0.6) is 5.75 Å². The van der Waals surface area contributed by atoms with Gasteiger partial charge in [-0.25, -0.2) is 4.98 Å². The summed E-state index contributed by atoms with van der Waals surface area (Å²) in [5.74, 6) is 0.649. The Bertz CT molecular complexity index is 1170. The highest BCUT2D eigenvalue weighted by Crippen LogP contribution is 2.37. The van der Waals surface area contributed by atoms with Crippen molar-refractivity contribution in [2.45, 2.75) is 39.2 Å². The quantitative estimate of drug-likeness (QED) is 0.207. The molecule has 36 heavy (non-hydrogen) atoms. The third kappa shape index (κ3) is 6.28. The predicted molar refractivity (Wildman–Crippen MR) is 147 cm³/mol. The number of hydrogen-bond acceptors (Lipinski definition) is 8. The first-order valence-corrected chi connectivity index (χ1v) is 12.4. The van der Waals surface area contributed by atoms with Gasteiger partial charge in [0.2, 0.25) is 0 Å². The van der Waals surface area contributed by atoms with E-state index in [-0.39, 0.29) is 11.9 Å². The molecule has 1 heterocycles. The van der Waals surface area contributed by atoms with Crippen LogP contribution in [0.1, 0.15) is 43.5 Å². The third-order valence-corrected chi connectivity index (χ3v) is 6.25. The molecule has 0 aliphatic rings. The van der Waals surface area contributed by atoms with Gasteiger partial charge in [0, 0.05) is 30.6 Å². The van der Waals surface area contributed by atoms with Crippen LogP contribution in [0.2, 0.25) is 0 Å². The summed E-state index contributed by atoms with van der Waals surface area (Å²) >= 11 is 0. The van der Waals surface area contributed by atoms with Crippen LogP contribution in [-0.4, -0.2) is 50.3 Å². The van der Waals surface area contributed by atoms with Crippen molar-refractivity contribution in [3.63, 3.8) is 0 Å². The van der Waals surface area contributed by atoms with Crippen molar-refractivity contribution in [1.29, 1.82) is 0 Å². The lowest BCUT2D eigenvalue weighted by molar-refractivity contribution is 0.0952. The molecule has 9 heteroatoms. The van der Waals surface area contributed by atoms with E-state index in [0.717, 1.165) is 42.4 Å². The SMILES string of the molecule is CCOCC(CC)N(CCCCNC(=O)c1ccc(N)c(OC)c1)c1c(N)c(N)nc2ccccc12. The van der Waals surface area contributed by atoms with Gasteiger partial charge in [0.25, 0.3) is 5.91 Å². The molecule has 0 fully saturated rings. The highest BCUT2D eigenvalue weighted by Gasteiger charge is 2.23. The number of amides is 1. The molecule has 0 aliphatic carbocycles. The zero-order valence-corrected chi connectivity index (χ0v) is 21.4. The predicted octanol–water partition coefficient (Wildman–Crippen LogP) is 3.82. The van der Waals surface area contributed by atoms with Crippen LogP contribution in [0.25, 0.3) is 10.9 Å². The Morgan fingerprint density at radius 1 is 1.11 bits per heavy atom. The lowest BCUT2D eigenvalue weighted by Crippen LogP contribution is -2.40. The number of pyridine rings is 1. The van der Waals surface area contributed by atoms with Gasteiger partial charge >= 0.3 is 0 Å². The van der Waals surface area contributed by atoms with E-state index in [9.17, 15) is 4.79 Å². The zero-order chi connectivity index (χ0) is 26.1. The van der Waals surface area contributed by atoms with Gasteiger partial charge in [-0.3, -0.25) is 4.79 Å². The van der Waals surface area contributed by atoms with Gasteiger partial charge in [0.15, 0.2) is 0 Å². The van der Waals surface area contributed by atoms with Gasteiger partial charge < -0.3 is 36.9 Å². The normalized spacial score (nSPS) is 11.9. The second-order valence-corrected chi connectivity index (χ2v) is 8.61. The summed E-state index contributed by atoms with van der Waals surface area (Å²) in [6.07, 6.45) is 2.51. The van der Waals surface area contributed by atoms with Gasteiger partial charge in [0.1, 0.15) is 11.6 Å². The van der Waals surface area contributed by atoms with E-state index in [4.69, 9.17) is 26.7 Å². The Morgan fingerprint density at radius 2 is 1.89 bits per heavy atom. The first-order valence-electron chi connectivity index (χ1n) is 12.4. The monoisotopic (exact) mass is 494 g/mol. The number of unbranched alkanes of at least 4 members (excludes halogenated alkanes) is 1. The van der Waals surface area contributed by atoms with Crippen molar-refractivity contribution in [2.24, 2.45) is 0 Å². The fourth-order valence-corrected chi connectivity index (χ4v) is 4.26. The highest BCUT2D eigenvalue weighted by atomic mass is 16.5. The van der Waals surface area contributed by atoms with Gasteiger partial charge in [-0.05, 0) is 50.5 Å². The Hall–Kier alpha value is -3.72. The molecule has 0 bridgehead atoms. The molecule has 3 aromatic rings. The van der Waals surface area contributed by atoms with Crippen LogP contribution in [0, 0.1) is 0 Å². The number of methoxy groups -OCH3 is 1. The van der Waals surface area contributed by atoms with E-state index >= 15 is 0 Å². The van der Waals surface area contributed by atoms with Gasteiger partial charge in [-0.15, -0.1) is 0 Å². The number of anilines is 4. The molecule has 1 aromatic heterocycles. The zero-order valence-electron chi connectivity index (χ0n) is 21.4. The molecule has 3 rings (SSSR count). The Kier molecular flexibility index (Phi) is 9.58. The molecule has 194 valence electrons. The molecule has 7 N–H and O–H groups in total. The number of benzene rings is 2. The number of nitrogens with one attached hydrogen (secondary N) is 1. The van der Waals surface area contributed by atoms with Crippen molar-refractivity contribution in [2.75, 3.05) is 55.5 Å². The number of hydrogen-bond donors (Lipinski definition) is 4. The molecule has 1 amide bonds. The van der Waals surface area contributed by atoms with E-state index in [2.05, 4.69) is 22.1 Å². The van der Waals surface area contributed by atoms with Crippen LogP contribution in [0.4, 0.5) is 22.9 Å². The summed E-state index contributed by atoms with van der Waals surface area (Å²) in [6.45, 7) is 6.62. The molecule has 0 aliphatic heterocycles. The summed E-state index contributed by atoms with van der Waals surface area (Å²) in [4.78, 5) is 19.3. The van der Waals surface area contributed by atoms with E-state index in [1.165, 1.54) is 7.11 Å². The minimum atomic E-state index is -0.162. The van der Waals surface area contributed by atoms with Crippen LogP contribution in [0.15, 0.2) is 42.5 Å². The number of aromatic nitrogens is 1. The van der Waals surface area contributed by atoms with Crippen molar-refractivity contribution in [1.82, 2.24) is 10.3 Å². The number of rotatable bonds is 13. The molecular formula is C27H38N6O3. The average Bonchev–Trinajstić information content (AvgIpc) is 2.89. The summed E-state index contributed by atoms with van der Waals surface area (Å²) < 4.78 is 11.0. The van der Waals surface area contributed by atoms with Gasteiger partial charge in [-0.1, -0.05) is 25.1 Å². The second-order valence-electron chi connectivity index (χ2n) is 8.61. The summed E-state index contributed by atoms with van der Waals surface area (Å²) in [5, 5.41) is 3.94. The summed E-state index contributed by atoms with van der Waals surface area (Å²) in [5.41, 5.74) is 21.7. The minimum Gasteiger partial charge on any atom is -0.495 e. The number of nitrogens with two attached hydrogens (primary N) is 3. The molecule has 1 unspecified atom stereocenters. The van der Waals surface area contributed by atoms with E-state index in [1.54, 1.807) is 18.2 Å². The number of carbonyl (C=O) groups is 1. The highest BCUT2D eigenvalue weighted by molar-refractivity contribution is 6.01. The maximum atomic E-state index is 12.6. The van der Waals surface area contributed by atoms with Crippen LogP contribution in [-0.2, 0) is 4.74 Å². The van der Waals surface area contributed by atoms with Gasteiger partial charge in [0.05, 0.1) is 42.3 Å². The Morgan fingerprint density at radius 3 is 2.61 bits per heavy atom. The molecule has 0 saturated carbocycles. The van der Waals surface area contributed by atoms with E-state index in [0.29, 0.717) is 48.3 Å². The maximum Gasteiger partial charge on any atom is 0.251 e. The second kappa shape index (κ2) is 12.8. The first-order chi connectivity index (χ1) is 17.4. The number of fused-ring (bicyclic) bond motifs is 1. The molecule has 2 aromatic carbocycles. The molecule has 0 radical (unpaired) electrons. The van der Waals surface area contributed by atoms with Crippen LogP contribution >= 0.6 is 0 Å². The molecule has 0 saturated heterocycles. The maximum absolute atomic E-state index is 12.6. The Labute approximate surface area is 212 Å².